The number of aromatic nitrogens is 1. The maximum Gasteiger partial charge on any atom is 0.147 e. The van der Waals surface area contributed by atoms with E-state index in [2.05, 4.69) is 53.5 Å². The molecule has 2 aromatic carbocycles. The van der Waals surface area contributed by atoms with E-state index in [4.69, 9.17) is 23.2 Å². The lowest BCUT2D eigenvalue weighted by atomic mass is 10.4. The molecule has 0 aliphatic heterocycles. The third-order valence-corrected chi connectivity index (χ3v) is 6.14. The van der Waals surface area contributed by atoms with E-state index in [1.807, 2.05) is 24.4 Å². The molecule has 0 spiro atoms. The molecule has 0 aliphatic rings. The van der Waals surface area contributed by atoms with Gasteiger partial charge in [0.15, 0.2) is 0 Å². The highest BCUT2D eigenvalue weighted by Gasteiger charge is 2.17. The Morgan fingerprint density at radius 1 is 0.714 bits per heavy atom. The van der Waals surface area contributed by atoms with Crippen LogP contribution in [-0.2, 0) is 0 Å². The standard InChI is InChI=1S/C17H12Cl2NP/c18-16-11-15(12-20-17(16)19)21(13-7-3-1-4-8-13)14-9-5-2-6-10-14/h1-12H. The van der Waals surface area contributed by atoms with Crippen molar-refractivity contribution < 1.29 is 0 Å². The van der Waals surface area contributed by atoms with Crippen LogP contribution in [0.4, 0.5) is 0 Å². The van der Waals surface area contributed by atoms with Crippen LogP contribution in [0.1, 0.15) is 0 Å². The van der Waals surface area contributed by atoms with Gasteiger partial charge in [0.05, 0.1) is 5.02 Å². The normalized spacial score (nSPS) is 10.8. The van der Waals surface area contributed by atoms with Gasteiger partial charge in [-0.2, -0.15) is 0 Å². The van der Waals surface area contributed by atoms with Crippen LogP contribution in [0.25, 0.3) is 0 Å². The summed E-state index contributed by atoms with van der Waals surface area (Å²) in [5.41, 5.74) is 0. The molecule has 3 aromatic rings. The van der Waals surface area contributed by atoms with Gasteiger partial charge in [0, 0.05) is 11.5 Å². The van der Waals surface area contributed by atoms with E-state index in [1.165, 1.54) is 10.6 Å². The van der Waals surface area contributed by atoms with Crippen LogP contribution in [0.3, 0.4) is 0 Å². The van der Waals surface area contributed by atoms with Gasteiger partial charge >= 0.3 is 0 Å². The van der Waals surface area contributed by atoms with Crippen molar-refractivity contribution in [3.05, 3.63) is 83.1 Å². The van der Waals surface area contributed by atoms with E-state index in [0.717, 1.165) is 5.30 Å². The average molecular weight is 332 g/mol. The molecule has 0 saturated carbocycles. The highest BCUT2D eigenvalue weighted by Crippen LogP contribution is 2.33. The number of hydrogen-bond acceptors (Lipinski definition) is 1. The monoisotopic (exact) mass is 331 g/mol. The maximum atomic E-state index is 6.15. The first-order valence-electron chi connectivity index (χ1n) is 6.47. The smallest absolute Gasteiger partial charge is 0.147 e. The molecular weight excluding hydrogens is 320 g/mol. The molecule has 3 rings (SSSR count). The summed E-state index contributed by atoms with van der Waals surface area (Å²) in [5.74, 6) is 0. The number of pyridine rings is 1. The fourth-order valence-electron chi connectivity index (χ4n) is 2.13. The highest BCUT2D eigenvalue weighted by molar-refractivity contribution is 7.79. The molecule has 0 unspecified atom stereocenters. The summed E-state index contributed by atoms with van der Waals surface area (Å²) in [4.78, 5) is 4.20. The van der Waals surface area contributed by atoms with Crippen molar-refractivity contribution >= 4 is 47.0 Å². The highest BCUT2D eigenvalue weighted by atomic mass is 35.5. The van der Waals surface area contributed by atoms with Gasteiger partial charge < -0.3 is 0 Å². The van der Waals surface area contributed by atoms with Crippen molar-refractivity contribution in [2.45, 2.75) is 0 Å². The molecule has 0 bridgehead atoms. The topological polar surface area (TPSA) is 12.9 Å². The van der Waals surface area contributed by atoms with Crippen molar-refractivity contribution in [1.82, 2.24) is 4.98 Å². The zero-order valence-corrected chi connectivity index (χ0v) is 13.5. The van der Waals surface area contributed by atoms with Gasteiger partial charge in [-0.25, -0.2) is 4.98 Å². The van der Waals surface area contributed by atoms with Crippen molar-refractivity contribution in [1.29, 1.82) is 0 Å². The summed E-state index contributed by atoms with van der Waals surface area (Å²) < 4.78 is 0. The van der Waals surface area contributed by atoms with E-state index in [-0.39, 0.29) is 0 Å². The fraction of sp³-hybridized carbons (Fsp3) is 0. The fourth-order valence-corrected chi connectivity index (χ4v) is 4.75. The third-order valence-electron chi connectivity index (χ3n) is 3.07. The molecule has 1 aromatic heterocycles. The first-order valence-corrected chi connectivity index (χ1v) is 8.57. The van der Waals surface area contributed by atoms with Gasteiger partial charge in [-0.1, -0.05) is 83.9 Å². The predicted molar refractivity (Wildman–Crippen MR) is 93.0 cm³/mol. The Morgan fingerprint density at radius 3 is 1.71 bits per heavy atom. The van der Waals surface area contributed by atoms with E-state index in [0.29, 0.717) is 10.2 Å². The molecule has 0 fully saturated rings. The van der Waals surface area contributed by atoms with E-state index < -0.39 is 7.92 Å². The Labute approximate surface area is 135 Å². The number of rotatable bonds is 3. The molecule has 0 aliphatic carbocycles. The molecule has 0 saturated heterocycles. The molecule has 104 valence electrons. The Morgan fingerprint density at radius 2 is 1.24 bits per heavy atom. The van der Waals surface area contributed by atoms with Crippen LogP contribution < -0.4 is 15.9 Å². The minimum atomic E-state index is -0.680. The Bertz CT molecular complexity index is 693. The zero-order chi connectivity index (χ0) is 14.7. The quantitative estimate of drug-likeness (QED) is 0.519. The molecule has 21 heavy (non-hydrogen) atoms. The minimum Gasteiger partial charge on any atom is -0.242 e. The summed E-state index contributed by atoms with van der Waals surface area (Å²) in [5, 5.41) is 4.46. The van der Waals surface area contributed by atoms with Crippen molar-refractivity contribution in [3.8, 4) is 0 Å². The second-order valence-electron chi connectivity index (χ2n) is 4.47. The van der Waals surface area contributed by atoms with Gasteiger partial charge in [0.25, 0.3) is 0 Å². The molecule has 0 radical (unpaired) electrons. The lowest BCUT2D eigenvalue weighted by Crippen LogP contribution is -2.20. The maximum absolute atomic E-state index is 6.15. The summed E-state index contributed by atoms with van der Waals surface area (Å²) in [7, 11) is -0.680. The van der Waals surface area contributed by atoms with Crippen LogP contribution >= 0.6 is 31.1 Å². The van der Waals surface area contributed by atoms with Crippen LogP contribution in [-0.4, -0.2) is 4.98 Å². The molecule has 0 N–H and O–H groups in total. The van der Waals surface area contributed by atoms with E-state index in [1.54, 1.807) is 0 Å². The van der Waals surface area contributed by atoms with E-state index >= 15 is 0 Å². The summed E-state index contributed by atoms with van der Waals surface area (Å²) >= 11 is 12.1. The van der Waals surface area contributed by atoms with Gasteiger partial charge in [-0.05, 0) is 24.6 Å². The van der Waals surface area contributed by atoms with Crippen molar-refractivity contribution in [2.24, 2.45) is 0 Å². The van der Waals surface area contributed by atoms with Gasteiger partial charge in [-0.3, -0.25) is 0 Å². The first kappa shape index (κ1) is 14.5. The Balaban J connectivity index is 2.14. The molecule has 4 heteroatoms. The van der Waals surface area contributed by atoms with Gasteiger partial charge in [0.1, 0.15) is 5.15 Å². The van der Waals surface area contributed by atoms with Crippen LogP contribution in [0, 0.1) is 0 Å². The molecule has 0 amide bonds. The van der Waals surface area contributed by atoms with Crippen LogP contribution in [0.15, 0.2) is 72.9 Å². The first-order chi connectivity index (χ1) is 10.3. The molecule has 0 atom stereocenters. The number of hydrogen-bond donors (Lipinski definition) is 0. The lowest BCUT2D eigenvalue weighted by molar-refractivity contribution is 1.35. The lowest BCUT2D eigenvalue weighted by Gasteiger charge is -2.19. The summed E-state index contributed by atoms with van der Waals surface area (Å²) in [6.07, 6.45) is 1.82. The summed E-state index contributed by atoms with van der Waals surface area (Å²) in [6.45, 7) is 0. The van der Waals surface area contributed by atoms with Crippen molar-refractivity contribution in [3.63, 3.8) is 0 Å². The zero-order valence-electron chi connectivity index (χ0n) is 11.1. The predicted octanol–water partition coefficient (Wildman–Crippen LogP) is 4.15. The van der Waals surface area contributed by atoms with Gasteiger partial charge in [-0.15, -0.1) is 0 Å². The summed E-state index contributed by atoms with van der Waals surface area (Å²) in [6, 6.07) is 22.7. The van der Waals surface area contributed by atoms with Gasteiger partial charge in [0.2, 0.25) is 0 Å². The van der Waals surface area contributed by atoms with Crippen molar-refractivity contribution in [2.75, 3.05) is 0 Å². The van der Waals surface area contributed by atoms with Crippen LogP contribution in [0.2, 0.25) is 10.2 Å². The number of nitrogens with zero attached hydrogens (tertiary/aromatic N) is 1. The second kappa shape index (κ2) is 6.58. The number of benzene rings is 2. The Hall–Kier alpha value is -1.40. The minimum absolute atomic E-state index is 0.344. The van der Waals surface area contributed by atoms with E-state index in [9.17, 15) is 0 Å². The molecular formula is C17H12Cl2NP. The largest absolute Gasteiger partial charge is 0.242 e. The molecule has 1 nitrogen and oxygen atoms in total. The number of halogens is 2. The SMILES string of the molecule is Clc1cc(P(c2ccccc2)c2ccccc2)cnc1Cl. The molecule has 1 heterocycles. The third kappa shape index (κ3) is 3.27. The Kier molecular flexibility index (Phi) is 4.55. The van der Waals surface area contributed by atoms with Crippen LogP contribution in [0.5, 0.6) is 0 Å². The average Bonchev–Trinajstić information content (AvgIpc) is 2.53. The second-order valence-corrected chi connectivity index (χ2v) is 7.46.